The van der Waals surface area contributed by atoms with Crippen molar-refractivity contribution in [2.45, 2.75) is 97.0 Å². The maximum Gasteiger partial charge on any atom is 0.346 e. The fraction of sp³-hybridized carbons (Fsp3) is 0.742. The van der Waals surface area contributed by atoms with Crippen molar-refractivity contribution in [3.63, 3.8) is 0 Å². The highest BCUT2D eigenvalue weighted by Gasteiger charge is 2.59. The molecule has 0 saturated heterocycles. The van der Waals surface area contributed by atoms with Crippen molar-refractivity contribution in [3.05, 3.63) is 34.5 Å². The van der Waals surface area contributed by atoms with Crippen LogP contribution in [0.4, 0.5) is 0 Å². The van der Waals surface area contributed by atoms with Gasteiger partial charge in [0.1, 0.15) is 5.75 Å². The van der Waals surface area contributed by atoms with Gasteiger partial charge in [-0.3, -0.25) is 0 Å². The molecule has 5 heteroatoms. The summed E-state index contributed by atoms with van der Waals surface area (Å²) in [6.45, 7) is 5.18. The van der Waals surface area contributed by atoms with E-state index in [1.807, 2.05) is 12.1 Å². The number of aromatic nitrogens is 1. The number of hydrogen-bond donors (Lipinski definition) is 1. The second kappa shape index (κ2) is 9.15. The van der Waals surface area contributed by atoms with E-state index in [9.17, 15) is 9.90 Å². The van der Waals surface area contributed by atoms with Gasteiger partial charge in [-0.2, -0.15) is 0 Å². The molecule has 0 spiro atoms. The summed E-state index contributed by atoms with van der Waals surface area (Å²) in [5.41, 5.74) is 1.27. The predicted octanol–water partition coefficient (Wildman–Crippen LogP) is 6.54. The lowest BCUT2D eigenvalue weighted by atomic mass is 9.44. The number of aryl methyl sites for hydroxylation is 1. The number of rotatable bonds is 5. The average Bonchev–Trinajstić information content (AvgIpc) is 3.20. The van der Waals surface area contributed by atoms with Gasteiger partial charge in [-0.1, -0.05) is 13.8 Å². The molecular weight excluding hydrogens is 450 g/mol. The molecule has 0 radical (unpaired) electrons. The van der Waals surface area contributed by atoms with Gasteiger partial charge in [-0.05, 0) is 129 Å². The van der Waals surface area contributed by atoms with Crippen molar-refractivity contribution < 1.29 is 14.3 Å². The maximum atomic E-state index is 12.5. The largest absolute Gasteiger partial charge is 0.497 e. The number of fused-ring (bicyclic) bond motifs is 6. The molecule has 0 amide bonds. The summed E-state index contributed by atoms with van der Waals surface area (Å²) in [6, 6.07) is 5.40. The van der Waals surface area contributed by atoms with Gasteiger partial charge in [0.05, 0.1) is 24.1 Å². The Bertz CT molecular complexity index is 1170. The molecule has 0 bridgehead atoms. The highest BCUT2D eigenvalue weighted by atomic mass is 16.5. The van der Waals surface area contributed by atoms with E-state index in [0.717, 1.165) is 55.3 Å². The zero-order valence-corrected chi connectivity index (χ0v) is 22.3. The van der Waals surface area contributed by atoms with Crippen molar-refractivity contribution in [3.8, 4) is 5.75 Å². The first-order valence-corrected chi connectivity index (χ1v) is 14.5. The van der Waals surface area contributed by atoms with Crippen LogP contribution in [-0.4, -0.2) is 23.3 Å². The van der Waals surface area contributed by atoms with Crippen LogP contribution >= 0.6 is 0 Å². The fourth-order valence-corrected chi connectivity index (χ4v) is 9.65. The Morgan fingerprint density at radius 2 is 1.86 bits per heavy atom. The Morgan fingerprint density at radius 1 is 1.06 bits per heavy atom. The summed E-state index contributed by atoms with van der Waals surface area (Å²) < 4.78 is 10.8. The smallest absolute Gasteiger partial charge is 0.346 e. The molecule has 196 valence electrons. The van der Waals surface area contributed by atoms with Gasteiger partial charge in [-0.15, -0.1) is 0 Å². The van der Waals surface area contributed by atoms with Crippen molar-refractivity contribution >= 4 is 10.9 Å². The molecule has 7 unspecified atom stereocenters. The van der Waals surface area contributed by atoms with Crippen molar-refractivity contribution in [1.29, 1.82) is 0 Å². The third-order valence-corrected chi connectivity index (χ3v) is 11.7. The first-order valence-electron chi connectivity index (χ1n) is 14.5. The SMILES string of the molecule is COc1ccc2nc(CCCC3CCC4C5CCC6C[C@H](O)CCC6(C)C5CCC34C)oc(=O)c2c1. The lowest BCUT2D eigenvalue weighted by Crippen LogP contribution is -2.53. The van der Waals surface area contributed by atoms with E-state index in [1.165, 1.54) is 51.4 Å². The van der Waals surface area contributed by atoms with E-state index < -0.39 is 0 Å². The quantitative estimate of drug-likeness (QED) is 0.512. The molecule has 5 nitrogen and oxygen atoms in total. The standard InChI is InChI=1S/C31H43NO4/c1-30-16-14-26-23(10-7-20-17-21(33)13-15-31(20,26)2)25(30)11-8-19(30)5-4-6-28-32-27-12-9-22(35-3)18-24(27)29(34)36-28/h9,12,18-21,23,25-26,33H,4-8,10-11,13-17H2,1-3H3/t19?,20?,21-,23?,25?,26?,30?,31?/m1/s1. The predicted molar refractivity (Wildman–Crippen MR) is 141 cm³/mol. The lowest BCUT2D eigenvalue weighted by molar-refractivity contribution is -0.127. The Morgan fingerprint density at radius 3 is 2.69 bits per heavy atom. The van der Waals surface area contributed by atoms with Gasteiger partial charge >= 0.3 is 5.63 Å². The molecule has 1 N–H and O–H groups in total. The normalized spacial score (nSPS) is 39.9. The fourth-order valence-electron chi connectivity index (χ4n) is 9.65. The second-order valence-corrected chi connectivity index (χ2v) is 13.1. The molecule has 2 aromatic rings. The molecule has 4 aliphatic carbocycles. The van der Waals surface area contributed by atoms with Crippen LogP contribution in [0.3, 0.4) is 0 Å². The van der Waals surface area contributed by atoms with Crippen LogP contribution < -0.4 is 10.4 Å². The number of nitrogens with zero attached hydrogens (tertiary/aromatic N) is 1. The zero-order valence-electron chi connectivity index (χ0n) is 22.3. The number of aliphatic hydroxyl groups excluding tert-OH is 1. The van der Waals surface area contributed by atoms with E-state index in [2.05, 4.69) is 18.8 Å². The average molecular weight is 494 g/mol. The molecule has 36 heavy (non-hydrogen) atoms. The molecule has 8 atom stereocenters. The Hall–Kier alpha value is -1.88. The number of benzene rings is 1. The number of aliphatic hydroxyl groups is 1. The minimum Gasteiger partial charge on any atom is -0.497 e. The van der Waals surface area contributed by atoms with Crippen LogP contribution in [-0.2, 0) is 6.42 Å². The summed E-state index contributed by atoms with van der Waals surface area (Å²) >= 11 is 0. The van der Waals surface area contributed by atoms with Gasteiger partial charge in [0.2, 0.25) is 0 Å². The van der Waals surface area contributed by atoms with E-state index in [-0.39, 0.29) is 11.7 Å². The van der Waals surface area contributed by atoms with Gasteiger partial charge in [0.25, 0.3) is 0 Å². The van der Waals surface area contributed by atoms with Crippen molar-refractivity contribution in [2.24, 2.45) is 40.4 Å². The molecule has 1 aromatic heterocycles. The summed E-state index contributed by atoms with van der Waals surface area (Å²) in [5, 5.41) is 10.8. The van der Waals surface area contributed by atoms with Crippen LogP contribution in [0.5, 0.6) is 5.75 Å². The van der Waals surface area contributed by atoms with Gasteiger partial charge in [0.15, 0.2) is 5.89 Å². The number of methoxy groups -OCH3 is 1. The van der Waals surface area contributed by atoms with Gasteiger partial charge in [-0.25, -0.2) is 9.78 Å². The van der Waals surface area contributed by atoms with E-state index in [0.29, 0.717) is 33.4 Å². The zero-order chi connectivity index (χ0) is 25.1. The van der Waals surface area contributed by atoms with E-state index >= 15 is 0 Å². The molecule has 4 aliphatic rings. The summed E-state index contributed by atoms with van der Waals surface area (Å²) in [7, 11) is 1.59. The van der Waals surface area contributed by atoms with Crippen LogP contribution in [0.15, 0.2) is 27.4 Å². The first-order chi connectivity index (χ1) is 17.3. The Kier molecular flexibility index (Phi) is 6.21. The van der Waals surface area contributed by atoms with Gasteiger partial charge in [0, 0.05) is 6.42 Å². The van der Waals surface area contributed by atoms with Crippen LogP contribution in [0, 0.1) is 40.4 Å². The summed E-state index contributed by atoms with van der Waals surface area (Å²) in [6.07, 6.45) is 14.3. The molecular formula is C31H43NO4. The third kappa shape index (κ3) is 3.92. The Labute approximate surface area is 215 Å². The molecule has 1 aromatic carbocycles. The number of ether oxygens (including phenoxy) is 1. The lowest BCUT2D eigenvalue weighted by Gasteiger charge is -2.61. The second-order valence-electron chi connectivity index (χ2n) is 13.1. The van der Waals surface area contributed by atoms with Crippen molar-refractivity contribution in [1.82, 2.24) is 4.98 Å². The minimum absolute atomic E-state index is 0.0614. The number of hydrogen-bond acceptors (Lipinski definition) is 5. The summed E-state index contributed by atoms with van der Waals surface area (Å²) in [4.78, 5) is 17.2. The molecule has 4 saturated carbocycles. The molecule has 6 rings (SSSR count). The van der Waals surface area contributed by atoms with E-state index in [4.69, 9.17) is 9.15 Å². The van der Waals surface area contributed by atoms with E-state index in [1.54, 1.807) is 13.2 Å². The maximum absolute atomic E-state index is 12.5. The third-order valence-electron chi connectivity index (χ3n) is 11.7. The topological polar surface area (TPSA) is 72.6 Å². The molecule has 0 aliphatic heterocycles. The highest BCUT2D eigenvalue weighted by Crippen LogP contribution is 2.67. The molecule has 4 fully saturated rings. The summed E-state index contributed by atoms with van der Waals surface area (Å²) in [5.74, 6) is 5.29. The monoisotopic (exact) mass is 493 g/mol. The molecule has 1 heterocycles. The van der Waals surface area contributed by atoms with Crippen LogP contribution in [0.2, 0.25) is 0 Å². The van der Waals surface area contributed by atoms with Crippen LogP contribution in [0.1, 0.15) is 90.4 Å². The van der Waals surface area contributed by atoms with Crippen molar-refractivity contribution in [2.75, 3.05) is 7.11 Å². The first kappa shape index (κ1) is 24.5. The van der Waals surface area contributed by atoms with Crippen LogP contribution in [0.25, 0.3) is 10.9 Å². The highest BCUT2D eigenvalue weighted by molar-refractivity contribution is 5.78. The van der Waals surface area contributed by atoms with Gasteiger partial charge < -0.3 is 14.3 Å². The minimum atomic E-state index is -0.320. The Balaban J connectivity index is 1.12.